The predicted molar refractivity (Wildman–Crippen MR) is 89.7 cm³/mol. The maximum absolute atomic E-state index is 12.4. The van der Waals surface area contributed by atoms with Gasteiger partial charge in [-0.3, -0.25) is 9.59 Å². The molecule has 1 aromatic carbocycles. The summed E-state index contributed by atoms with van der Waals surface area (Å²) in [5.74, 6) is 0.500. The Labute approximate surface area is 141 Å². The smallest absolute Gasteiger partial charge is 0.255 e. The quantitative estimate of drug-likeness (QED) is 0.817. The largest absolute Gasteiger partial charge is 0.490 e. The van der Waals surface area contributed by atoms with E-state index in [1.165, 1.54) is 0 Å². The zero-order valence-electron chi connectivity index (χ0n) is 14.0. The first-order valence-corrected chi connectivity index (χ1v) is 7.84. The van der Waals surface area contributed by atoms with Gasteiger partial charge >= 0.3 is 0 Å². The number of hydrogen-bond acceptors (Lipinski definition) is 4. The minimum Gasteiger partial charge on any atom is -0.490 e. The number of carbonyl (C=O) groups is 2. The molecule has 0 fully saturated rings. The van der Waals surface area contributed by atoms with Crippen LogP contribution in [0, 0.1) is 0 Å². The number of para-hydroxylation sites is 1. The van der Waals surface area contributed by atoms with Crippen LogP contribution in [0.5, 0.6) is 5.75 Å². The molecule has 2 N–H and O–H groups in total. The zero-order chi connectivity index (χ0) is 17.5. The molecule has 128 valence electrons. The Morgan fingerprint density at radius 3 is 2.54 bits per heavy atom. The molecular formula is C18H22N2O4. The minimum atomic E-state index is -0.681. The number of carbonyl (C=O) groups excluding carboxylic acids is 2. The second kappa shape index (κ2) is 8.19. The molecular weight excluding hydrogens is 308 g/mol. The predicted octanol–water partition coefficient (Wildman–Crippen LogP) is 2.50. The van der Waals surface area contributed by atoms with Crippen molar-refractivity contribution in [1.82, 2.24) is 10.6 Å². The number of furan rings is 1. The van der Waals surface area contributed by atoms with Crippen LogP contribution < -0.4 is 15.4 Å². The molecule has 6 nitrogen and oxygen atoms in total. The van der Waals surface area contributed by atoms with Crippen LogP contribution in [0.25, 0.3) is 0 Å². The van der Waals surface area contributed by atoms with Gasteiger partial charge in [-0.2, -0.15) is 0 Å². The van der Waals surface area contributed by atoms with Crippen molar-refractivity contribution in [2.24, 2.45) is 0 Å². The Morgan fingerprint density at radius 2 is 1.88 bits per heavy atom. The highest BCUT2D eigenvalue weighted by Crippen LogP contribution is 2.19. The molecule has 1 aromatic heterocycles. The summed E-state index contributed by atoms with van der Waals surface area (Å²) in [6, 6.07) is 9.79. The molecule has 0 aliphatic heterocycles. The van der Waals surface area contributed by atoms with Gasteiger partial charge in [-0.25, -0.2) is 0 Å². The Morgan fingerprint density at radius 1 is 1.12 bits per heavy atom. The molecule has 0 saturated carbocycles. The Hall–Kier alpha value is -2.76. The fraction of sp³-hybridized carbons (Fsp3) is 0.333. The van der Waals surface area contributed by atoms with E-state index in [-0.39, 0.29) is 24.5 Å². The van der Waals surface area contributed by atoms with Gasteiger partial charge in [0.2, 0.25) is 5.91 Å². The third-order valence-corrected chi connectivity index (χ3v) is 3.25. The van der Waals surface area contributed by atoms with Crippen LogP contribution in [0.1, 0.15) is 36.9 Å². The lowest BCUT2D eigenvalue weighted by Gasteiger charge is -2.17. The van der Waals surface area contributed by atoms with Gasteiger partial charge in [0.05, 0.1) is 24.5 Å². The Bertz CT molecular complexity index is 680. The fourth-order valence-electron chi connectivity index (χ4n) is 2.09. The topological polar surface area (TPSA) is 80.6 Å². The standard InChI is InChI=1S/C18H22N2O4/c1-12(2)24-16-9-5-4-8-15(16)18(22)20-13(3)17(21)19-11-14-7-6-10-23-14/h4-10,12-13H,11H2,1-3H3,(H,19,21)(H,20,22). The maximum atomic E-state index is 12.4. The second-order valence-corrected chi connectivity index (χ2v) is 5.66. The van der Waals surface area contributed by atoms with Crippen molar-refractivity contribution in [3.63, 3.8) is 0 Å². The third kappa shape index (κ3) is 4.87. The van der Waals surface area contributed by atoms with Crippen molar-refractivity contribution >= 4 is 11.8 Å². The van der Waals surface area contributed by atoms with Crippen LogP contribution in [-0.4, -0.2) is 24.0 Å². The average molecular weight is 330 g/mol. The van der Waals surface area contributed by atoms with Gasteiger partial charge in [0.25, 0.3) is 5.91 Å². The molecule has 6 heteroatoms. The van der Waals surface area contributed by atoms with E-state index < -0.39 is 6.04 Å². The van der Waals surface area contributed by atoms with E-state index in [1.54, 1.807) is 49.6 Å². The Kier molecular flexibility index (Phi) is 6.01. The molecule has 2 amide bonds. The number of ether oxygens (including phenoxy) is 1. The fourth-order valence-corrected chi connectivity index (χ4v) is 2.09. The first-order valence-electron chi connectivity index (χ1n) is 7.84. The summed E-state index contributed by atoms with van der Waals surface area (Å²) in [5, 5.41) is 5.39. The molecule has 2 aromatic rings. The SMILES string of the molecule is CC(C)Oc1ccccc1C(=O)NC(C)C(=O)NCc1ccco1. The van der Waals surface area contributed by atoms with E-state index in [1.807, 2.05) is 13.8 Å². The summed E-state index contributed by atoms with van der Waals surface area (Å²) < 4.78 is 10.8. The van der Waals surface area contributed by atoms with Gasteiger partial charge in [0, 0.05) is 0 Å². The van der Waals surface area contributed by atoms with Crippen molar-refractivity contribution in [2.75, 3.05) is 0 Å². The summed E-state index contributed by atoms with van der Waals surface area (Å²) in [6.45, 7) is 5.68. The van der Waals surface area contributed by atoms with Crippen molar-refractivity contribution in [2.45, 2.75) is 39.5 Å². The summed E-state index contributed by atoms with van der Waals surface area (Å²) >= 11 is 0. The van der Waals surface area contributed by atoms with Crippen LogP contribution in [0.2, 0.25) is 0 Å². The van der Waals surface area contributed by atoms with E-state index in [0.717, 1.165) is 0 Å². The van der Waals surface area contributed by atoms with E-state index in [0.29, 0.717) is 17.1 Å². The van der Waals surface area contributed by atoms with Crippen molar-refractivity contribution in [3.05, 3.63) is 54.0 Å². The highest BCUT2D eigenvalue weighted by Gasteiger charge is 2.19. The average Bonchev–Trinajstić information content (AvgIpc) is 3.05. The van der Waals surface area contributed by atoms with Gasteiger partial charge in [0.1, 0.15) is 17.6 Å². The molecule has 0 aliphatic carbocycles. The van der Waals surface area contributed by atoms with Gasteiger partial charge in [-0.15, -0.1) is 0 Å². The summed E-state index contributed by atoms with van der Waals surface area (Å²) in [5.41, 5.74) is 0.400. The molecule has 0 aliphatic rings. The van der Waals surface area contributed by atoms with Crippen LogP contribution in [-0.2, 0) is 11.3 Å². The maximum Gasteiger partial charge on any atom is 0.255 e. The molecule has 1 unspecified atom stereocenters. The summed E-state index contributed by atoms with van der Waals surface area (Å²) in [6.07, 6.45) is 1.49. The highest BCUT2D eigenvalue weighted by molar-refractivity contribution is 5.99. The van der Waals surface area contributed by atoms with E-state index >= 15 is 0 Å². The molecule has 2 rings (SSSR count). The number of hydrogen-bond donors (Lipinski definition) is 2. The van der Waals surface area contributed by atoms with Crippen molar-refractivity contribution in [3.8, 4) is 5.75 Å². The molecule has 1 atom stereocenters. The number of amides is 2. The van der Waals surface area contributed by atoms with Crippen LogP contribution in [0.3, 0.4) is 0 Å². The monoisotopic (exact) mass is 330 g/mol. The molecule has 0 bridgehead atoms. The zero-order valence-corrected chi connectivity index (χ0v) is 14.0. The van der Waals surface area contributed by atoms with Gasteiger partial charge in [-0.05, 0) is 45.0 Å². The minimum absolute atomic E-state index is 0.0482. The van der Waals surface area contributed by atoms with E-state index in [4.69, 9.17) is 9.15 Å². The van der Waals surface area contributed by atoms with Crippen molar-refractivity contribution in [1.29, 1.82) is 0 Å². The first kappa shape index (κ1) is 17.6. The lowest BCUT2D eigenvalue weighted by Crippen LogP contribution is -2.44. The number of rotatable bonds is 7. The molecule has 1 heterocycles. The number of nitrogens with one attached hydrogen (secondary N) is 2. The highest BCUT2D eigenvalue weighted by atomic mass is 16.5. The normalized spacial score (nSPS) is 11.8. The molecule has 0 radical (unpaired) electrons. The lowest BCUT2D eigenvalue weighted by atomic mass is 10.1. The second-order valence-electron chi connectivity index (χ2n) is 5.66. The lowest BCUT2D eigenvalue weighted by molar-refractivity contribution is -0.122. The first-order chi connectivity index (χ1) is 11.5. The van der Waals surface area contributed by atoms with Gasteiger partial charge in [-0.1, -0.05) is 12.1 Å². The Balaban J connectivity index is 1.94. The summed E-state index contributed by atoms with van der Waals surface area (Å²) in [4.78, 5) is 24.5. The van der Waals surface area contributed by atoms with Gasteiger partial charge < -0.3 is 19.8 Å². The van der Waals surface area contributed by atoms with Crippen molar-refractivity contribution < 1.29 is 18.7 Å². The van der Waals surface area contributed by atoms with Gasteiger partial charge in [0.15, 0.2) is 0 Å². The molecule has 0 spiro atoms. The van der Waals surface area contributed by atoms with Crippen LogP contribution in [0.4, 0.5) is 0 Å². The molecule has 24 heavy (non-hydrogen) atoms. The third-order valence-electron chi connectivity index (χ3n) is 3.25. The molecule has 0 saturated heterocycles. The van der Waals surface area contributed by atoms with E-state index in [9.17, 15) is 9.59 Å². The summed E-state index contributed by atoms with van der Waals surface area (Å²) in [7, 11) is 0. The van der Waals surface area contributed by atoms with E-state index in [2.05, 4.69) is 10.6 Å². The van der Waals surface area contributed by atoms with Crippen LogP contribution in [0.15, 0.2) is 47.1 Å². The van der Waals surface area contributed by atoms with Crippen LogP contribution >= 0.6 is 0 Å². The number of benzene rings is 1.